The van der Waals surface area contributed by atoms with Gasteiger partial charge in [0.15, 0.2) is 0 Å². The molecule has 0 aliphatic rings. The van der Waals surface area contributed by atoms with Crippen LogP contribution >= 0.6 is 11.6 Å². The van der Waals surface area contributed by atoms with E-state index in [0.29, 0.717) is 11.6 Å². The van der Waals surface area contributed by atoms with E-state index in [9.17, 15) is 4.79 Å². The number of hydrogen-bond acceptors (Lipinski definition) is 3. The van der Waals surface area contributed by atoms with Crippen molar-refractivity contribution in [3.63, 3.8) is 0 Å². The van der Waals surface area contributed by atoms with Gasteiger partial charge in [-0.15, -0.1) is 0 Å². The third-order valence-electron chi connectivity index (χ3n) is 2.68. The first-order valence-electron chi connectivity index (χ1n) is 5.79. The molecular weight excluding hydrogens is 262 g/mol. The van der Waals surface area contributed by atoms with Crippen molar-refractivity contribution >= 4 is 23.3 Å². The van der Waals surface area contributed by atoms with E-state index in [1.54, 1.807) is 24.1 Å². The average molecular weight is 276 g/mol. The van der Waals surface area contributed by atoms with Crippen LogP contribution in [0.2, 0.25) is 5.02 Å². The van der Waals surface area contributed by atoms with Crippen LogP contribution in [0.4, 0.5) is 5.82 Å². The minimum atomic E-state index is -0.249. The first-order chi connectivity index (χ1) is 9.08. The van der Waals surface area contributed by atoms with Crippen molar-refractivity contribution in [1.29, 1.82) is 0 Å². The van der Waals surface area contributed by atoms with Crippen molar-refractivity contribution < 1.29 is 4.79 Å². The van der Waals surface area contributed by atoms with Crippen molar-refractivity contribution in [2.75, 3.05) is 12.8 Å². The number of anilines is 1. The topological polar surface area (TPSA) is 59.2 Å². The fourth-order valence-corrected chi connectivity index (χ4v) is 1.90. The highest BCUT2D eigenvalue weighted by molar-refractivity contribution is 6.33. The summed E-state index contributed by atoms with van der Waals surface area (Å²) < 4.78 is 0. The lowest BCUT2D eigenvalue weighted by atomic mass is 10.2. The van der Waals surface area contributed by atoms with Gasteiger partial charge in [0, 0.05) is 13.6 Å². The molecule has 1 amide bonds. The third-order valence-corrected chi connectivity index (χ3v) is 2.98. The molecule has 0 aliphatic heterocycles. The quantitative estimate of drug-likeness (QED) is 0.937. The number of nitrogens with two attached hydrogens (primary N) is 1. The highest BCUT2D eigenvalue weighted by Crippen LogP contribution is 2.17. The number of nitrogen functional groups attached to an aromatic ring is 1. The number of carbonyl (C=O) groups is 1. The summed E-state index contributed by atoms with van der Waals surface area (Å²) >= 11 is 5.97. The molecule has 2 N–H and O–H groups in total. The second kappa shape index (κ2) is 5.71. The van der Waals surface area contributed by atoms with E-state index < -0.39 is 0 Å². The van der Waals surface area contributed by atoms with Crippen LogP contribution in [0.3, 0.4) is 0 Å². The lowest BCUT2D eigenvalue weighted by molar-refractivity contribution is 0.0779. The van der Waals surface area contributed by atoms with Gasteiger partial charge in [-0.1, -0.05) is 41.9 Å². The number of halogens is 1. The smallest absolute Gasteiger partial charge is 0.274 e. The van der Waals surface area contributed by atoms with Gasteiger partial charge in [0.25, 0.3) is 5.91 Å². The first kappa shape index (κ1) is 13.4. The van der Waals surface area contributed by atoms with Gasteiger partial charge in [-0.3, -0.25) is 4.79 Å². The van der Waals surface area contributed by atoms with Crippen LogP contribution in [-0.2, 0) is 6.54 Å². The molecule has 2 rings (SSSR count). The number of rotatable bonds is 3. The molecule has 0 spiro atoms. The normalized spacial score (nSPS) is 10.2. The highest BCUT2D eigenvalue weighted by Gasteiger charge is 2.17. The van der Waals surface area contributed by atoms with Gasteiger partial charge in [-0.25, -0.2) is 4.98 Å². The second-order valence-corrected chi connectivity index (χ2v) is 4.62. The van der Waals surface area contributed by atoms with Gasteiger partial charge in [-0.05, 0) is 17.7 Å². The number of pyridine rings is 1. The zero-order valence-corrected chi connectivity index (χ0v) is 11.3. The molecule has 0 unspecified atom stereocenters. The summed E-state index contributed by atoms with van der Waals surface area (Å²) in [6.45, 7) is 0.493. The van der Waals surface area contributed by atoms with Gasteiger partial charge in [0.2, 0.25) is 0 Å². The Morgan fingerprint density at radius 1 is 1.26 bits per heavy atom. The molecule has 1 aromatic heterocycles. The maximum absolute atomic E-state index is 12.2. The van der Waals surface area contributed by atoms with E-state index in [2.05, 4.69) is 4.98 Å². The van der Waals surface area contributed by atoms with Gasteiger partial charge < -0.3 is 10.6 Å². The molecule has 0 atom stereocenters. The number of hydrogen-bond donors (Lipinski definition) is 1. The SMILES string of the molecule is CN(Cc1ccccc1)C(=O)c1nc(N)ccc1Cl. The molecule has 0 radical (unpaired) electrons. The fourth-order valence-electron chi connectivity index (χ4n) is 1.72. The molecule has 5 heteroatoms. The summed E-state index contributed by atoms with van der Waals surface area (Å²) in [4.78, 5) is 17.8. The number of nitrogens with zero attached hydrogens (tertiary/aromatic N) is 2. The standard InChI is InChI=1S/C14H14ClN3O/c1-18(9-10-5-3-2-4-6-10)14(19)13-11(15)7-8-12(16)17-13/h2-8H,9H2,1H3,(H2,16,17). The average Bonchev–Trinajstić information content (AvgIpc) is 2.42. The van der Waals surface area contributed by atoms with Crippen LogP contribution in [0.25, 0.3) is 0 Å². The fraction of sp³-hybridized carbons (Fsp3) is 0.143. The molecule has 98 valence electrons. The predicted octanol–water partition coefficient (Wildman–Crippen LogP) is 2.59. The lowest BCUT2D eigenvalue weighted by Gasteiger charge is -2.17. The molecule has 1 heterocycles. The van der Waals surface area contributed by atoms with E-state index in [1.807, 2.05) is 30.3 Å². The van der Waals surface area contributed by atoms with Crippen LogP contribution in [0.1, 0.15) is 16.1 Å². The summed E-state index contributed by atoms with van der Waals surface area (Å²) in [5, 5.41) is 0.305. The Morgan fingerprint density at radius 2 is 1.95 bits per heavy atom. The Kier molecular flexibility index (Phi) is 4.02. The van der Waals surface area contributed by atoms with Crippen LogP contribution in [-0.4, -0.2) is 22.8 Å². The van der Waals surface area contributed by atoms with Gasteiger partial charge in [-0.2, -0.15) is 0 Å². The molecule has 4 nitrogen and oxygen atoms in total. The molecule has 0 bridgehead atoms. The molecular formula is C14H14ClN3O. The third kappa shape index (κ3) is 3.23. The molecule has 0 fully saturated rings. The van der Waals surface area contributed by atoms with Crippen molar-refractivity contribution in [2.24, 2.45) is 0 Å². The number of benzene rings is 1. The number of amides is 1. The minimum absolute atomic E-state index is 0.181. The molecule has 2 aromatic rings. The number of aromatic nitrogens is 1. The van der Waals surface area contributed by atoms with Crippen LogP contribution < -0.4 is 5.73 Å². The van der Waals surface area contributed by atoms with Crippen LogP contribution in [0.5, 0.6) is 0 Å². The molecule has 19 heavy (non-hydrogen) atoms. The largest absolute Gasteiger partial charge is 0.384 e. The highest BCUT2D eigenvalue weighted by atomic mass is 35.5. The van der Waals surface area contributed by atoms with E-state index in [0.717, 1.165) is 5.56 Å². The lowest BCUT2D eigenvalue weighted by Crippen LogP contribution is -2.27. The first-order valence-corrected chi connectivity index (χ1v) is 6.17. The summed E-state index contributed by atoms with van der Waals surface area (Å²) in [5.74, 6) is 0.0296. The van der Waals surface area contributed by atoms with Crippen molar-refractivity contribution in [2.45, 2.75) is 6.54 Å². The van der Waals surface area contributed by atoms with E-state index in [1.165, 1.54) is 0 Å². The molecule has 0 saturated carbocycles. The van der Waals surface area contributed by atoms with Crippen molar-refractivity contribution in [1.82, 2.24) is 9.88 Å². The Morgan fingerprint density at radius 3 is 2.63 bits per heavy atom. The Bertz CT molecular complexity index is 586. The minimum Gasteiger partial charge on any atom is -0.384 e. The Hall–Kier alpha value is -2.07. The zero-order chi connectivity index (χ0) is 13.8. The van der Waals surface area contributed by atoms with Crippen molar-refractivity contribution in [3.05, 3.63) is 58.7 Å². The van der Waals surface area contributed by atoms with Crippen molar-refractivity contribution in [3.8, 4) is 0 Å². The monoisotopic (exact) mass is 275 g/mol. The summed E-state index contributed by atoms with van der Waals surface area (Å²) in [7, 11) is 1.70. The maximum atomic E-state index is 12.2. The van der Waals surface area contributed by atoms with Crippen LogP contribution in [0.15, 0.2) is 42.5 Å². The summed E-state index contributed by atoms with van der Waals surface area (Å²) in [6.07, 6.45) is 0. The summed E-state index contributed by atoms with van der Waals surface area (Å²) in [5.41, 5.74) is 6.80. The van der Waals surface area contributed by atoms with Gasteiger partial charge in [0.1, 0.15) is 11.5 Å². The van der Waals surface area contributed by atoms with E-state index in [-0.39, 0.29) is 17.4 Å². The van der Waals surface area contributed by atoms with Gasteiger partial charge in [0.05, 0.1) is 5.02 Å². The zero-order valence-electron chi connectivity index (χ0n) is 10.5. The molecule has 1 aromatic carbocycles. The Balaban J connectivity index is 2.17. The number of carbonyl (C=O) groups excluding carboxylic acids is 1. The molecule has 0 saturated heterocycles. The second-order valence-electron chi connectivity index (χ2n) is 4.21. The van der Waals surface area contributed by atoms with Crippen LogP contribution in [0, 0.1) is 0 Å². The summed E-state index contributed by atoms with van der Waals surface area (Å²) in [6, 6.07) is 12.8. The molecule has 0 aliphatic carbocycles. The van der Waals surface area contributed by atoms with E-state index in [4.69, 9.17) is 17.3 Å². The van der Waals surface area contributed by atoms with Gasteiger partial charge >= 0.3 is 0 Å². The predicted molar refractivity (Wildman–Crippen MR) is 75.9 cm³/mol. The maximum Gasteiger partial charge on any atom is 0.274 e. The Labute approximate surface area is 116 Å². The van der Waals surface area contributed by atoms with E-state index >= 15 is 0 Å².